The van der Waals surface area contributed by atoms with Crippen LogP contribution in [0.4, 0.5) is 4.39 Å². The van der Waals surface area contributed by atoms with Crippen LogP contribution in [0.1, 0.15) is 15.9 Å². The lowest BCUT2D eigenvalue weighted by Gasteiger charge is -2.32. The van der Waals surface area contributed by atoms with E-state index in [0.29, 0.717) is 24.3 Å². The van der Waals surface area contributed by atoms with E-state index in [9.17, 15) is 18.8 Å². The van der Waals surface area contributed by atoms with Crippen LogP contribution in [0.15, 0.2) is 41.3 Å². The zero-order valence-electron chi connectivity index (χ0n) is 15.1. The van der Waals surface area contributed by atoms with Gasteiger partial charge < -0.3 is 15.0 Å². The molecular formula is C19H20FN3O4. The number of hydrogen-bond acceptors (Lipinski definition) is 5. The van der Waals surface area contributed by atoms with Gasteiger partial charge in [0.15, 0.2) is 0 Å². The third-order valence-corrected chi connectivity index (χ3v) is 4.57. The molecule has 2 heterocycles. The smallest absolute Gasteiger partial charge is 0.324 e. The maximum absolute atomic E-state index is 13.2. The summed E-state index contributed by atoms with van der Waals surface area (Å²) in [7, 11) is 1.29. The molecule has 0 radical (unpaired) electrons. The van der Waals surface area contributed by atoms with Crippen LogP contribution in [0.25, 0.3) is 5.69 Å². The van der Waals surface area contributed by atoms with Gasteiger partial charge in [-0.05, 0) is 42.8 Å². The second-order valence-electron chi connectivity index (χ2n) is 6.31. The monoisotopic (exact) mass is 373 g/mol. The van der Waals surface area contributed by atoms with Gasteiger partial charge in [0.1, 0.15) is 17.4 Å². The van der Waals surface area contributed by atoms with Crippen LogP contribution in [-0.4, -0.2) is 54.1 Å². The summed E-state index contributed by atoms with van der Waals surface area (Å²) in [4.78, 5) is 39.2. The summed E-state index contributed by atoms with van der Waals surface area (Å²) in [6.45, 7) is 2.60. The van der Waals surface area contributed by atoms with Crippen molar-refractivity contribution in [3.63, 3.8) is 0 Å². The van der Waals surface area contributed by atoms with Gasteiger partial charge in [0, 0.05) is 31.5 Å². The summed E-state index contributed by atoms with van der Waals surface area (Å²) < 4.78 is 19.2. The van der Waals surface area contributed by atoms with Crippen molar-refractivity contribution in [2.75, 3.05) is 26.7 Å². The number of hydrogen-bond donors (Lipinski definition) is 1. The van der Waals surface area contributed by atoms with Gasteiger partial charge in [-0.15, -0.1) is 0 Å². The summed E-state index contributed by atoms with van der Waals surface area (Å²) in [5, 5.41) is 2.99. The van der Waals surface area contributed by atoms with Gasteiger partial charge in [-0.25, -0.2) is 4.39 Å². The number of methoxy groups -OCH3 is 1. The van der Waals surface area contributed by atoms with Gasteiger partial charge in [0.2, 0.25) is 0 Å². The second-order valence-corrected chi connectivity index (χ2v) is 6.31. The van der Waals surface area contributed by atoms with Crippen molar-refractivity contribution in [2.45, 2.75) is 13.0 Å². The lowest BCUT2D eigenvalue weighted by Crippen LogP contribution is -2.56. The molecule has 3 rings (SSSR count). The van der Waals surface area contributed by atoms with Crippen LogP contribution in [-0.2, 0) is 9.53 Å². The molecule has 1 aliphatic heterocycles. The molecule has 0 saturated carbocycles. The third kappa shape index (κ3) is 3.75. The highest BCUT2D eigenvalue weighted by Gasteiger charge is 2.31. The van der Waals surface area contributed by atoms with Crippen LogP contribution in [0.2, 0.25) is 0 Å². The number of amides is 1. The molecule has 2 aromatic rings. The number of esters is 1. The van der Waals surface area contributed by atoms with Crippen molar-refractivity contribution in [2.24, 2.45) is 0 Å². The van der Waals surface area contributed by atoms with Crippen molar-refractivity contribution in [1.82, 2.24) is 14.8 Å². The summed E-state index contributed by atoms with van der Waals surface area (Å²) in [5.74, 6) is -1.31. The zero-order chi connectivity index (χ0) is 19.6. The van der Waals surface area contributed by atoms with E-state index < -0.39 is 29.3 Å². The third-order valence-electron chi connectivity index (χ3n) is 4.57. The first-order chi connectivity index (χ1) is 12.9. The molecular weight excluding hydrogens is 353 g/mol. The molecule has 1 saturated heterocycles. The molecule has 1 amide bonds. The summed E-state index contributed by atoms with van der Waals surface area (Å²) in [5.41, 5.74) is 0.548. The lowest BCUT2D eigenvalue weighted by atomic mass is 10.1. The largest absolute Gasteiger partial charge is 0.468 e. The van der Waals surface area contributed by atoms with E-state index in [4.69, 9.17) is 4.74 Å². The summed E-state index contributed by atoms with van der Waals surface area (Å²) in [6, 6.07) is 6.48. The molecule has 0 spiro atoms. The molecule has 142 valence electrons. The van der Waals surface area contributed by atoms with Gasteiger partial charge in [-0.1, -0.05) is 0 Å². The molecule has 1 aliphatic rings. The van der Waals surface area contributed by atoms with Crippen LogP contribution in [0.3, 0.4) is 0 Å². The fourth-order valence-corrected chi connectivity index (χ4v) is 3.08. The topological polar surface area (TPSA) is 80.6 Å². The molecule has 27 heavy (non-hydrogen) atoms. The van der Waals surface area contributed by atoms with Crippen LogP contribution in [0, 0.1) is 12.7 Å². The van der Waals surface area contributed by atoms with Gasteiger partial charge in [-0.2, -0.15) is 0 Å². The number of nitrogens with one attached hydrogen (secondary N) is 1. The van der Waals surface area contributed by atoms with E-state index in [2.05, 4.69) is 5.32 Å². The van der Waals surface area contributed by atoms with E-state index >= 15 is 0 Å². The van der Waals surface area contributed by atoms with Crippen molar-refractivity contribution in [3.8, 4) is 5.69 Å². The normalized spacial score (nSPS) is 16.9. The molecule has 1 atom stereocenters. The predicted molar refractivity (Wildman–Crippen MR) is 96.4 cm³/mol. The Morgan fingerprint density at radius 1 is 1.22 bits per heavy atom. The molecule has 7 nitrogen and oxygen atoms in total. The fraction of sp³-hybridized carbons (Fsp3) is 0.316. The maximum Gasteiger partial charge on any atom is 0.324 e. The number of nitrogens with zero attached hydrogens (tertiary/aromatic N) is 2. The van der Waals surface area contributed by atoms with E-state index in [1.165, 1.54) is 40.8 Å². The first-order valence-corrected chi connectivity index (χ1v) is 8.51. The van der Waals surface area contributed by atoms with Crippen molar-refractivity contribution >= 4 is 11.9 Å². The Balaban J connectivity index is 1.95. The minimum Gasteiger partial charge on any atom is -0.468 e. The summed E-state index contributed by atoms with van der Waals surface area (Å²) >= 11 is 0. The number of pyridine rings is 1. The number of carbonyl (C=O) groups excluding carboxylic acids is 2. The molecule has 1 unspecified atom stereocenters. The predicted octanol–water partition coefficient (Wildman–Crippen LogP) is 0.872. The quantitative estimate of drug-likeness (QED) is 0.808. The molecule has 1 N–H and O–H groups in total. The molecule has 1 aromatic heterocycles. The van der Waals surface area contributed by atoms with Crippen molar-refractivity contribution in [1.29, 1.82) is 0 Å². The lowest BCUT2D eigenvalue weighted by molar-refractivity contribution is -0.144. The molecule has 1 aromatic carbocycles. The van der Waals surface area contributed by atoms with E-state index in [1.807, 2.05) is 0 Å². The highest BCUT2D eigenvalue weighted by atomic mass is 19.1. The SMILES string of the molecule is COC(=O)C1CN(C(=O)c2c(C)ccn(-c3ccc(F)cc3)c2=O)CCN1. The number of ether oxygens (including phenoxy) is 1. The number of benzene rings is 1. The minimum absolute atomic E-state index is 0.0346. The van der Waals surface area contributed by atoms with Crippen LogP contribution >= 0.6 is 0 Å². The molecule has 8 heteroatoms. The van der Waals surface area contributed by atoms with E-state index in [1.54, 1.807) is 19.2 Å². The number of aryl methyl sites for hydroxylation is 1. The van der Waals surface area contributed by atoms with Gasteiger partial charge >= 0.3 is 5.97 Å². The maximum atomic E-state index is 13.2. The van der Waals surface area contributed by atoms with Crippen molar-refractivity contribution in [3.05, 3.63) is 63.8 Å². The fourth-order valence-electron chi connectivity index (χ4n) is 3.08. The standard InChI is InChI=1S/C19H20FN3O4/c1-12-7-9-23(14-5-3-13(20)4-6-14)18(25)16(12)17(24)22-10-8-21-15(11-22)19(26)27-2/h3-7,9,15,21H,8,10-11H2,1-2H3. The highest BCUT2D eigenvalue weighted by Crippen LogP contribution is 2.13. The Labute approximate surface area is 155 Å². The number of rotatable bonds is 3. The van der Waals surface area contributed by atoms with E-state index in [0.717, 1.165) is 0 Å². The van der Waals surface area contributed by atoms with Crippen LogP contribution < -0.4 is 10.9 Å². The van der Waals surface area contributed by atoms with Gasteiger partial charge in [-0.3, -0.25) is 19.0 Å². The Hall–Kier alpha value is -3.00. The Morgan fingerprint density at radius 3 is 2.59 bits per heavy atom. The molecule has 0 aliphatic carbocycles. The average molecular weight is 373 g/mol. The Bertz CT molecular complexity index is 924. The van der Waals surface area contributed by atoms with Gasteiger partial charge in [0.25, 0.3) is 11.5 Å². The van der Waals surface area contributed by atoms with Crippen molar-refractivity contribution < 1.29 is 18.7 Å². The number of halogens is 1. The second kappa shape index (κ2) is 7.71. The highest BCUT2D eigenvalue weighted by molar-refractivity contribution is 5.96. The van der Waals surface area contributed by atoms with Gasteiger partial charge in [0.05, 0.1) is 7.11 Å². The number of aromatic nitrogens is 1. The molecule has 1 fully saturated rings. The zero-order valence-corrected chi connectivity index (χ0v) is 15.1. The Morgan fingerprint density at radius 2 is 1.93 bits per heavy atom. The minimum atomic E-state index is -0.629. The van der Waals surface area contributed by atoms with Crippen LogP contribution in [0.5, 0.6) is 0 Å². The first-order valence-electron chi connectivity index (χ1n) is 8.51. The Kier molecular flexibility index (Phi) is 5.36. The summed E-state index contributed by atoms with van der Waals surface area (Å²) in [6.07, 6.45) is 1.55. The first kappa shape index (κ1) is 18.8. The molecule has 0 bridgehead atoms. The average Bonchev–Trinajstić information content (AvgIpc) is 2.68. The van der Waals surface area contributed by atoms with E-state index in [-0.39, 0.29) is 12.1 Å². The number of carbonyl (C=O) groups is 2. The number of piperazine rings is 1.